The first-order valence-corrected chi connectivity index (χ1v) is 7.01. The highest BCUT2D eigenvalue weighted by atomic mass is 16.7. The standard InChI is InChI=1S/C15H21NO5/c1-8(2)16-15(18)21-14-12-9(3)5-6-10(12)11(7-20-14)13(17)19-4/h5,7-8,10,12,14H,6H2,1-4H3,(H,16,18). The second-order valence-corrected chi connectivity index (χ2v) is 5.59. The van der Waals surface area contributed by atoms with Crippen molar-refractivity contribution < 1.29 is 23.8 Å². The molecule has 1 aliphatic heterocycles. The van der Waals surface area contributed by atoms with Gasteiger partial charge in [0.25, 0.3) is 6.29 Å². The zero-order chi connectivity index (χ0) is 15.6. The molecular formula is C15H21NO5. The first kappa shape index (κ1) is 15.4. The molecule has 2 rings (SSSR count). The molecule has 0 aromatic carbocycles. The number of esters is 1. The Morgan fingerprint density at radius 3 is 2.76 bits per heavy atom. The van der Waals surface area contributed by atoms with Crippen molar-refractivity contribution in [1.29, 1.82) is 0 Å². The molecule has 1 heterocycles. The molecule has 1 amide bonds. The number of nitrogens with one attached hydrogen (secondary N) is 1. The van der Waals surface area contributed by atoms with E-state index >= 15 is 0 Å². The fourth-order valence-electron chi connectivity index (χ4n) is 2.74. The molecule has 6 nitrogen and oxygen atoms in total. The fraction of sp³-hybridized carbons (Fsp3) is 0.600. The fourth-order valence-corrected chi connectivity index (χ4v) is 2.74. The van der Waals surface area contributed by atoms with Crippen molar-refractivity contribution in [3.63, 3.8) is 0 Å². The molecular weight excluding hydrogens is 274 g/mol. The summed E-state index contributed by atoms with van der Waals surface area (Å²) < 4.78 is 15.6. The van der Waals surface area contributed by atoms with Gasteiger partial charge in [-0.25, -0.2) is 9.59 Å². The lowest BCUT2D eigenvalue weighted by molar-refractivity contribution is -0.141. The van der Waals surface area contributed by atoms with Gasteiger partial charge >= 0.3 is 12.1 Å². The highest BCUT2D eigenvalue weighted by molar-refractivity contribution is 5.89. The number of hydrogen-bond donors (Lipinski definition) is 1. The van der Waals surface area contributed by atoms with E-state index in [4.69, 9.17) is 14.2 Å². The van der Waals surface area contributed by atoms with Gasteiger partial charge in [-0.2, -0.15) is 0 Å². The van der Waals surface area contributed by atoms with Crippen molar-refractivity contribution in [1.82, 2.24) is 5.32 Å². The van der Waals surface area contributed by atoms with E-state index in [1.807, 2.05) is 26.8 Å². The Labute approximate surface area is 124 Å². The van der Waals surface area contributed by atoms with Crippen molar-refractivity contribution in [2.24, 2.45) is 11.8 Å². The maximum Gasteiger partial charge on any atom is 0.410 e. The zero-order valence-corrected chi connectivity index (χ0v) is 12.7. The molecule has 3 unspecified atom stereocenters. The smallest absolute Gasteiger partial charge is 0.410 e. The van der Waals surface area contributed by atoms with Gasteiger partial charge in [0.1, 0.15) is 0 Å². The van der Waals surface area contributed by atoms with Gasteiger partial charge in [0.05, 0.1) is 24.9 Å². The second kappa shape index (κ2) is 6.20. The summed E-state index contributed by atoms with van der Waals surface area (Å²) in [6, 6.07) is -0.0155. The zero-order valence-electron chi connectivity index (χ0n) is 12.7. The van der Waals surface area contributed by atoms with Crippen LogP contribution in [0.15, 0.2) is 23.5 Å². The van der Waals surface area contributed by atoms with Gasteiger partial charge < -0.3 is 19.5 Å². The van der Waals surface area contributed by atoms with Gasteiger partial charge in [-0.3, -0.25) is 0 Å². The lowest BCUT2D eigenvalue weighted by atomic mass is 9.84. The number of alkyl carbamates (subject to hydrolysis) is 1. The van der Waals surface area contributed by atoms with Crippen molar-refractivity contribution in [2.75, 3.05) is 7.11 Å². The predicted molar refractivity (Wildman–Crippen MR) is 75.1 cm³/mol. The van der Waals surface area contributed by atoms with Gasteiger partial charge in [-0.15, -0.1) is 0 Å². The van der Waals surface area contributed by atoms with E-state index in [0.29, 0.717) is 12.0 Å². The average molecular weight is 295 g/mol. The summed E-state index contributed by atoms with van der Waals surface area (Å²) in [6.07, 6.45) is 2.86. The van der Waals surface area contributed by atoms with Crippen molar-refractivity contribution in [3.05, 3.63) is 23.5 Å². The molecule has 0 radical (unpaired) electrons. The van der Waals surface area contributed by atoms with Gasteiger partial charge in [0.2, 0.25) is 0 Å². The summed E-state index contributed by atoms with van der Waals surface area (Å²) in [5.74, 6) is -0.622. The summed E-state index contributed by atoms with van der Waals surface area (Å²) in [5, 5.41) is 2.66. The predicted octanol–water partition coefficient (Wildman–Crippen LogP) is 2.12. The quantitative estimate of drug-likeness (QED) is 0.637. The van der Waals surface area contributed by atoms with E-state index < -0.39 is 18.4 Å². The first-order chi connectivity index (χ1) is 9.93. The van der Waals surface area contributed by atoms with Gasteiger partial charge in [-0.1, -0.05) is 11.6 Å². The van der Waals surface area contributed by atoms with E-state index in [0.717, 1.165) is 5.57 Å². The monoisotopic (exact) mass is 295 g/mol. The Kier molecular flexibility index (Phi) is 4.55. The van der Waals surface area contributed by atoms with Crippen LogP contribution in [0.4, 0.5) is 4.79 Å². The van der Waals surface area contributed by atoms with Gasteiger partial charge in [0, 0.05) is 12.0 Å². The topological polar surface area (TPSA) is 73.9 Å². The van der Waals surface area contributed by atoms with Crippen LogP contribution in [0, 0.1) is 11.8 Å². The number of amides is 1. The van der Waals surface area contributed by atoms with E-state index in [-0.39, 0.29) is 17.9 Å². The molecule has 0 saturated carbocycles. The maximum absolute atomic E-state index is 11.8. The lowest BCUT2D eigenvalue weighted by Gasteiger charge is -2.33. The summed E-state index contributed by atoms with van der Waals surface area (Å²) in [6.45, 7) is 5.65. The molecule has 116 valence electrons. The van der Waals surface area contributed by atoms with Crippen LogP contribution in [0.5, 0.6) is 0 Å². The summed E-state index contributed by atoms with van der Waals surface area (Å²) in [5.41, 5.74) is 1.54. The molecule has 2 aliphatic rings. The second-order valence-electron chi connectivity index (χ2n) is 5.59. The number of carbonyl (C=O) groups is 2. The minimum absolute atomic E-state index is 0.0155. The first-order valence-electron chi connectivity index (χ1n) is 7.01. The van der Waals surface area contributed by atoms with Crippen molar-refractivity contribution >= 4 is 12.1 Å². The molecule has 6 heteroatoms. The van der Waals surface area contributed by atoms with Crippen LogP contribution < -0.4 is 5.32 Å². The normalized spacial score (nSPS) is 27.2. The molecule has 3 atom stereocenters. The lowest BCUT2D eigenvalue weighted by Crippen LogP contribution is -2.41. The van der Waals surface area contributed by atoms with E-state index in [1.165, 1.54) is 13.4 Å². The van der Waals surface area contributed by atoms with Gasteiger partial charge in [0.15, 0.2) is 0 Å². The Bertz CT molecular complexity index is 494. The molecule has 1 N–H and O–H groups in total. The molecule has 21 heavy (non-hydrogen) atoms. The van der Waals surface area contributed by atoms with Crippen LogP contribution >= 0.6 is 0 Å². The minimum Gasteiger partial charge on any atom is -0.466 e. The van der Waals surface area contributed by atoms with Crippen molar-refractivity contribution in [3.8, 4) is 0 Å². The van der Waals surface area contributed by atoms with Crippen LogP contribution in [-0.4, -0.2) is 31.5 Å². The summed E-state index contributed by atoms with van der Waals surface area (Å²) in [7, 11) is 1.34. The third kappa shape index (κ3) is 3.20. The minimum atomic E-state index is -0.721. The molecule has 0 bridgehead atoms. The van der Waals surface area contributed by atoms with Crippen molar-refractivity contribution in [2.45, 2.75) is 39.5 Å². The average Bonchev–Trinajstić information content (AvgIpc) is 2.80. The van der Waals surface area contributed by atoms with Crippen LogP contribution in [0.1, 0.15) is 27.2 Å². The highest BCUT2D eigenvalue weighted by Gasteiger charge is 2.44. The van der Waals surface area contributed by atoms with Gasteiger partial charge in [-0.05, 0) is 27.2 Å². The number of ether oxygens (including phenoxy) is 3. The SMILES string of the molecule is COC(=O)C1=COC(OC(=O)NC(C)C)C2C(C)=CCC12. The Morgan fingerprint density at radius 2 is 2.14 bits per heavy atom. The Hall–Kier alpha value is -1.98. The third-order valence-electron chi connectivity index (χ3n) is 3.73. The number of rotatable bonds is 3. The molecule has 0 aromatic heterocycles. The molecule has 0 aromatic rings. The number of fused-ring (bicyclic) bond motifs is 1. The number of carbonyl (C=O) groups excluding carboxylic acids is 2. The molecule has 1 aliphatic carbocycles. The van der Waals surface area contributed by atoms with Crippen LogP contribution in [0.25, 0.3) is 0 Å². The number of allylic oxidation sites excluding steroid dienone is 1. The van der Waals surface area contributed by atoms with E-state index in [1.54, 1.807) is 0 Å². The number of methoxy groups -OCH3 is 1. The Morgan fingerprint density at radius 1 is 1.43 bits per heavy atom. The molecule has 0 fully saturated rings. The largest absolute Gasteiger partial charge is 0.466 e. The Balaban J connectivity index is 2.14. The maximum atomic E-state index is 11.8. The number of hydrogen-bond acceptors (Lipinski definition) is 5. The highest BCUT2D eigenvalue weighted by Crippen LogP contribution is 2.43. The van der Waals surface area contributed by atoms with Crippen LogP contribution in [0.3, 0.4) is 0 Å². The van der Waals surface area contributed by atoms with Crippen LogP contribution in [0.2, 0.25) is 0 Å². The summed E-state index contributed by atoms with van der Waals surface area (Å²) in [4.78, 5) is 23.5. The summed E-state index contributed by atoms with van der Waals surface area (Å²) >= 11 is 0. The van der Waals surface area contributed by atoms with E-state index in [2.05, 4.69) is 5.32 Å². The molecule has 0 spiro atoms. The third-order valence-corrected chi connectivity index (χ3v) is 3.73. The van der Waals surface area contributed by atoms with Crippen LogP contribution in [-0.2, 0) is 19.0 Å². The molecule has 0 saturated heterocycles. The van der Waals surface area contributed by atoms with E-state index in [9.17, 15) is 9.59 Å².